The first-order valence-corrected chi connectivity index (χ1v) is 7.09. The second-order valence-electron chi connectivity index (χ2n) is 4.96. The van der Waals surface area contributed by atoms with E-state index in [0.717, 1.165) is 18.7 Å². The maximum absolute atomic E-state index is 6.23. The van der Waals surface area contributed by atoms with Crippen molar-refractivity contribution in [2.45, 2.75) is 38.5 Å². The van der Waals surface area contributed by atoms with Crippen LogP contribution >= 0.6 is 11.6 Å². The van der Waals surface area contributed by atoms with E-state index in [9.17, 15) is 0 Å². The number of allylic oxidation sites excluding steroid dienone is 2. The van der Waals surface area contributed by atoms with Gasteiger partial charge in [0.25, 0.3) is 0 Å². The summed E-state index contributed by atoms with van der Waals surface area (Å²) in [7, 11) is 0. The molecule has 0 amide bonds. The molecule has 1 fully saturated rings. The lowest BCUT2D eigenvalue weighted by molar-refractivity contribution is 0.963. The molecule has 0 unspecified atom stereocenters. The Labute approximate surface area is 117 Å². The molecule has 2 heterocycles. The minimum Gasteiger partial charge on any atom is -0.331 e. The van der Waals surface area contributed by atoms with Crippen LogP contribution in [0.3, 0.4) is 0 Å². The van der Waals surface area contributed by atoms with Crippen molar-refractivity contribution in [3.05, 3.63) is 34.6 Å². The molecule has 3 rings (SSSR count). The molecule has 0 bridgehead atoms. The van der Waals surface area contributed by atoms with Gasteiger partial charge in [0, 0.05) is 17.7 Å². The lowest BCUT2D eigenvalue weighted by atomic mass is 10.1. The molecule has 0 radical (unpaired) electrons. The third-order valence-electron chi connectivity index (χ3n) is 3.45. The van der Waals surface area contributed by atoms with Crippen LogP contribution < -0.4 is 5.32 Å². The Morgan fingerprint density at radius 1 is 1.47 bits per heavy atom. The van der Waals surface area contributed by atoms with Gasteiger partial charge in [-0.3, -0.25) is 5.10 Å². The van der Waals surface area contributed by atoms with Crippen molar-refractivity contribution in [3.8, 4) is 0 Å². The van der Waals surface area contributed by atoms with Gasteiger partial charge in [-0.25, -0.2) is 4.99 Å². The first kappa shape index (κ1) is 12.5. The molecule has 5 heteroatoms. The van der Waals surface area contributed by atoms with E-state index in [1.165, 1.54) is 24.1 Å². The van der Waals surface area contributed by atoms with E-state index in [0.29, 0.717) is 16.9 Å². The van der Waals surface area contributed by atoms with Gasteiger partial charge in [-0.05, 0) is 37.3 Å². The number of amidine groups is 1. The Morgan fingerprint density at radius 2 is 2.32 bits per heavy atom. The summed E-state index contributed by atoms with van der Waals surface area (Å²) in [4.78, 5) is 4.49. The van der Waals surface area contributed by atoms with Crippen LogP contribution in [0.5, 0.6) is 0 Å². The van der Waals surface area contributed by atoms with Gasteiger partial charge >= 0.3 is 0 Å². The molecule has 19 heavy (non-hydrogen) atoms. The molecule has 2 N–H and O–H groups in total. The Bertz CT molecular complexity index is 564. The van der Waals surface area contributed by atoms with Crippen LogP contribution in [0.15, 0.2) is 33.9 Å². The molecule has 0 saturated heterocycles. The summed E-state index contributed by atoms with van der Waals surface area (Å²) in [5, 5.41) is 11.1. The van der Waals surface area contributed by atoms with Crippen LogP contribution in [0.1, 0.15) is 44.2 Å². The molecule has 4 nitrogen and oxygen atoms in total. The number of hydrogen-bond donors (Lipinski definition) is 2. The van der Waals surface area contributed by atoms with Crippen molar-refractivity contribution in [3.63, 3.8) is 0 Å². The number of halogens is 1. The van der Waals surface area contributed by atoms with Gasteiger partial charge in [-0.15, -0.1) is 0 Å². The van der Waals surface area contributed by atoms with Crippen LogP contribution in [0.25, 0.3) is 0 Å². The van der Waals surface area contributed by atoms with E-state index >= 15 is 0 Å². The molecular weight excluding hydrogens is 260 g/mol. The van der Waals surface area contributed by atoms with E-state index < -0.39 is 0 Å². The third-order valence-corrected chi connectivity index (χ3v) is 3.81. The summed E-state index contributed by atoms with van der Waals surface area (Å²) >= 11 is 6.23. The topological polar surface area (TPSA) is 53.1 Å². The summed E-state index contributed by atoms with van der Waals surface area (Å²) in [6.45, 7) is 2.10. The quantitative estimate of drug-likeness (QED) is 0.827. The fourth-order valence-electron chi connectivity index (χ4n) is 2.12. The number of H-pyrrole nitrogens is 1. The van der Waals surface area contributed by atoms with E-state index in [1.54, 1.807) is 0 Å². The van der Waals surface area contributed by atoms with Crippen molar-refractivity contribution in [2.24, 2.45) is 4.99 Å². The smallest absolute Gasteiger partial charge is 0.175 e. The average Bonchev–Trinajstić information content (AvgIpc) is 3.17. The number of rotatable bonds is 3. The largest absolute Gasteiger partial charge is 0.331 e. The molecule has 1 aliphatic heterocycles. The first-order chi connectivity index (χ1) is 9.26. The van der Waals surface area contributed by atoms with Crippen LogP contribution in [0.2, 0.25) is 0 Å². The lowest BCUT2D eigenvalue weighted by Gasteiger charge is -2.05. The van der Waals surface area contributed by atoms with Crippen LogP contribution in [0, 0.1) is 0 Å². The zero-order valence-electron chi connectivity index (χ0n) is 10.9. The molecular formula is C14H17ClN4. The third kappa shape index (κ3) is 2.89. The highest BCUT2D eigenvalue weighted by Gasteiger charge is 2.25. The first-order valence-electron chi connectivity index (χ1n) is 6.71. The summed E-state index contributed by atoms with van der Waals surface area (Å²) in [5.41, 5.74) is 2.39. The standard InChI is InChI=1S/C14H17ClN4/c1-2-9-4-3-5-12(17-14(9)15)16-13-8-11(18-19-13)10-6-7-10/h3,5,8,10H,2,4,6-7H2,1H3,(H2,16,17,18,19). The summed E-state index contributed by atoms with van der Waals surface area (Å²) in [6, 6.07) is 2.02. The molecule has 0 atom stereocenters. The van der Waals surface area contributed by atoms with E-state index in [-0.39, 0.29) is 0 Å². The minimum absolute atomic E-state index is 0.661. The fraction of sp³-hybridized carbons (Fsp3) is 0.429. The lowest BCUT2D eigenvalue weighted by Crippen LogP contribution is -2.17. The maximum atomic E-state index is 6.23. The van der Waals surface area contributed by atoms with Gasteiger partial charge in [0.1, 0.15) is 11.0 Å². The monoisotopic (exact) mass is 276 g/mol. The second kappa shape index (κ2) is 5.21. The van der Waals surface area contributed by atoms with Gasteiger partial charge in [0.2, 0.25) is 0 Å². The number of nitrogens with zero attached hydrogens (tertiary/aromatic N) is 2. The minimum atomic E-state index is 0.661. The van der Waals surface area contributed by atoms with E-state index in [1.807, 2.05) is 12.1 Å². The summed E-state index contributed by atoms with van der Waals surface area (Å²) < 4.78 is 0. The van der Waals surface area contributed by atoms with Crippen LogP contribution in [-0.2, 0) is 0 Å². The molecule has 1 aromatic rings. The Balaban J connectivity index is 1.80. The van der Waals surface area contributed by atoms with Crippen molar-refractivity contribution in [1.82, 2.24) is 15.5 Å². The predicted octanol–water partition coefficient (Wildman–Crippen LogP) is 3.73. The normalized spacial score (nSPS) is 21.7. The van der Waals surface area contributed by atoms with Crippen molar-refractivity contribution in [2.75, 3.05) is 0 Å². The van der Waals surface area contributed by atoms with Crippen molar-refractivity contribution < 1.29 is 0 Å². The van der Waals surface area contributed by atoms with Gasteiger partial charge in [0.05, 0.1) is 0 Å². The highest BCUT2D eigenvalue weighted by molar-refractivity contribution is 6.31. The van der Waals surface area contributed by atoms with Gasteiger partial charge in [0.15, 0.2) is 5.82 Å². The maximum Gasteiger partial charge on any atom is 0.175 e. The molecule has 100 valence electrons. The molecule has 0 aromatic carbocycles. The number of hydrogen-bond acceptors (Lipinski definition) is 2. The fourth-order valence-corrected chi connectivity index (χ4v) is 2.43. The SMILES string of the molecule is CCC1=C(Cl)NC(=Nc2cc(C3CC3)[nH]n2)C=CC1. The predicted molar refractivity (Wildman–Crippen MR) is 77.7 cm³/mol. The summed E-state index contributed by atoms with van der Waals surface area (Å²) in [5.74, 6) is 2.11. The van der Waals surface area contributed by atoms with Gasteiger partial charge in [-0.2, -0.15) is 5.10 Å². The molecule has 1 aliphatic carbocycles. The summed E-state index contributed by atoms with van der Waals surface area (Å²) in [6.07, 6.45) is 8.35. The van der Waals surface area contributed by atoms with Gasteiger partial charge < -0.3 is 5.32 Å². The zero-order valence-corrected chi connectivity index (χ0v) is 11.7. The molecule has 0 spiro atoms. The average molecular weight is 277 g/mol. The number of nitrogens with one attached hydrogen (secondary N) is 2. The van der Waals surface area contributed by atoms with E-state index in [2.05, 4.69) is 33.5 Å². The van der Waals surface area contributed by atoms with Crippen molar-refractivity contribution >= 4 is 23.3 Å². The Hall–Kier alpha value is -1.55. The highest BCUT2D eigenvalue weighted by atomic mass is 35.5. The molecule has 1 saturated carbocycles. The number of aromatic amines is 1. The Kier molecular flexibility index (Phi) is 3.42. The number of aromatic nitrogens is 2. The van der Waals surface area contributed by atoms with E-state index in [4.69, 9.17) is 11.6 Å². The second-order valence-corrected chi connectivity index (χ2v) is 5.33. The molecule has 1 aromatic heterocycles. The van der Waals surface area contributed by atoms with Crippen molar-refractivity contribution in [1.29, 1.82) is 0 Å². The van der Waals surface area contributed by atoms with Crippen LogP contribution in [-0.4, -0.2) is 16.0 Å². The highest BCUT2D eigenvalue weighted by Crippen LogP contribution is 2.39. The van der Waals surface area contributed by atoms with Gasteiger partial charge in [-0.1, -0.05) is 24.6 Å². The molecule has 2 aliphatic rings. The number of aliphatic imine (C=N–C) groups is 1. The Morgan fingerprint density at radius 3 is 3.05 bits per heavy atom. The zero-order chi connectivity index (χ0) is 13.2. The van der Waals surface area contributed by atoms with Crippen LogP contribution in [0.4, 0.5) is 5.82 Å².